The lowest BCUT2D eigenvalue weighted by Crippen LogP contribution is -2.33. The molecule has 1 aromatic rings. The number of aliphatic hydroxyl groups is 1. The summed E-state index contributed by atoms with van der Waals surface area (Å²) in [7, 11) is 1.68. The number of carbonyl (C=O) groups excluding carboxylic acids is 1. The van der Waals surface area contributed by atoms with Gasteiger partial charge in [-0.15, -0.1) is 0 Å². The van der Waals surface area contributed by atoms with Gasteiger partial charge in [-0.25, -0.2) is 0 Å². The molecule has 1 atom stereocenters. The van der Waals surface area contributed by atoms with Crippen LogP contribution in [0.4, 0.5) is 0 Å². The first-order chi connectivity index (χ1) is 8.40. The smallest absolute Gasteiger partial charge is 0.222 e. The maximum atomic E-state index is 11.8. The quantitative estimate of drug-likeness (QED) is 0.906. The van der Waals surface area contributed by atoms with Gasteiger partial charge in [-0.1, -0.05) is 29.3 Å². The van der Waals surface area contributed by atoms with Crippen LogP contribution in [0.25, 0.3) is 0 Å². The number of carbonyl (C=O) groups is 1. The van der Waals surface area contributed by atoms with E-state index < -0.39 is 6.10 Å². The van der Waals surface area contributed by atoms with Crippen LogP contribution in [-0.2, 0) is 11.2 Å². The monoisotopic (exact) mass is 289 g/mol. The van der Waals surface area contributed by atoms with E-state index in [1.807, 2.05) is 6.07 Å². The Kier molecular flexibility index (Phi) is 5.93. The molecule has 0 aliphatic rings. The zero-order valence-corrected chi connectivity index (χ0v) is 12.0. The van der Waals surface area contributed by atoms with Crippen LogP contribution in [0.1, 0.15) is 18.9 Å². The van der Waals surface area contributed by atoms with Gasteiger partial charge in [0.05, 0.1) is 6.10 Å². The van der Waals surface area contributed by atoms with Gasteiger partial charge in [0.25, 0.3) is 0 Å². The molecule has 1 N–H and O–H groups in total. The molecule has 18 heavy (non-hydrogen) atoms. The van der Waals surface area contributed by atoms with Crippen molar-refractivity contribution in [2.75, 3.05) is 13.6 Å². The first-order valence-corrected chi connectivity index (χ1v) is 6.51. The molecule has 1 unspecified atom stereocenters. The summed E-state index contributed by atoms with van der Waals surface area (Å²) >= 11 is 11.8. The zero-order chi connectivity index (χ0) is 13.7. The van der Waals surface area contributed by atoms with E-state index in [2.05, 4.69) is 0 Å². The van der Waals surface area contributed by atoms with Crippen LogP contribution in [0.2, 0.25) is 10.0 Å². The summed E-state index contributed by atoms with van der Waals surface area (Å²) in [5, 5.41) is 10.4. The Morgan fingerprint density at radius 2 is 2.11 bits per heavy atom. The van der Waals surface area contributed by atoms with Crippen LogP contribution in [0.3, 0.4) is 0 Å². The molecule has 1 aromatic carbocycles. The Morgan fingerprint density at radius 1 is 1.44 bits per heavy atom. The Hall–Kier alpha value is -0.770. The number of aryl methyl sites for hydroxylation is 1. The fourth-order valence-corrected chi connectivity index (χ4v) is 2.16. The Labute approximate surface area is 117 Å². The Morgan fingerprint density at radius 3 is 2.67 bits per heavy atom. The van der Waals surface area contributed by atoms with Crippen molar-refractivity contribution in [1.82, 2.24) is 4.90 Å². The third-order valence-electron chi connectivity index (χ3n) is 2.59. The highest BCUT2D eigenvalue weighted by Gasteiger charge is 2.11. The van der Waals surface area contributed by atoms with Crippen LogP contribution < -0.4 is 0 Å². The molecule has 0 fully saturated rings. The molecule has 0 aliphatic heterocycles. The molecule has 0 heterocycles. The lowest BCUT2D eigenvalue weighted by molar-refractivity contribution is -0.131. The number of halogens is 2. The van der Waals surface area contributed by atoms with Crippen molar-refractivity contribution in [3.63, 3.8) is 0 Å². The van der Waals surface area contributed by atoms with Crippen LogP contribution in [-0.4, -0.2) is 35.6 Å². The fraction of sp³-hybridized carbons (Fsp3) is 0.462. The average molecular weight is 290 g/mol. The second kappa shape index (κ2) is 6.98. The molecule has 0 aliphatic carbocycles. The Bertz CT molecular complexity index is 421. The van der Waals surface area contributed by atoms with Crippen LogP contribution in [0.15, 0.2) is 18.2 Å². The van der Waals surface area contributed by atoms with Crippen LogP contribution in [0.5, 0.6) is 0 Å². The highest BCUT2D eigenvalue weighted by Crippen LogP contribution is 2.22. The number of amides is 1. The van der Waals surface area contributed by atoms with Gasteiger partial charge in [-0.2, -0.15) is 0 Å². The van der Waals surface area contributed by atoms with Crippen molar-refractivity contribution in [3.05, 3.63) is 33.8 Å². The summed E-state index contributed by atoms with van der Waals surface area (Å²) < 4.78 is 0. The Balaban J connectivity index is 2.52. The summed E-state index contributed by atoms with van der Waals surface area (Å²) in [5.41, 5.74) is 0.903. The molecule has 100 valence electrons. The molecule has 0 saturated heterocycles. The van der Waals surface area contributed by atoms with Crippen molar-refractivity contribution in [1.29, 1.82) is 0 Å². The van der Waals surface area contributed by atoms with Gasteiger partial charge in [0.2, 0.25) is 5.91 Å². The number of rotatable bonds is 5. The van der Waals surface area contributed by atoms with Crippen LogP contribution >= 0.6 is 23.2 Å². The van der Waals surface area contributed by atoms with Gasteiger partial charge in [0, 0.05) is 30.1 Å². The highest BCUT2D eigenvalue weighted by atomic mass is 35.5. The summed E-state index contributed by atoms with van der Waals surface area (Å²) in [6.07, 6.45) is 0.418. The van der Waals surface area contributed by atoms with Crippen molar-refractivity contribution >= 4 is 29.1 Å². The van der Waals surface area contributed by atoms with E-state index in [1.54, 1.807) is 26.1 Å². The predicted octanol–water partition coefficient (Wildman–Crippen LogP) is 2.77. The molecule has 1 rings (SSSR count). The number of nitrogens with zero attached hydrogens (tertiary/aromatic N) is 1. The number of likely N-dealkylation sites (N-methyl/N-ethyl adjacent to an activating group) is 1. The first-order valence-electron chi connectivity index (χ1n) is 5.76. The number of hydrogen-bond donors (Lipinski definition) is 1. The largest absolute Gasteiger partial charge is 0.392 e. The van der Waals surface area contributed by atoms with E-state index in [1.165, 1.54) is 4.90 Å². The van der Waals surface area contributed by atoms with E-state index in [9.17, 15) is 9.90 Å². The SMILES string of the molecule is CC(O)CN(C)C(=O)CCc1ccc(Cl)cc1Cl. The normalized spacial score (nSPS) is 12.3. The van der Waals surface area contributed by atoms with E-state index in [0.29, 0.717) is 29.4 Å². The van der Waals surface area contributed by atoms with E-state index in [0.717, 1.165) is 5.56 Å². The van der Waals surface area contributed by atoms with Crippen molar-refractivity contribution in [3.8, 4) is 0 Å². The van der Waals surface area contributed by atoms with Crippen LogP contribution in [0, 0.1) is 0 Å². The minimum Gasteiger partial charge on any atom is -0.392 e. The molecular formula is C13H17Cl2NO2. The minimum absolute atomic E-state index is 0.0121. The van der Waals surface area contributed by atoms with Gasteiger partial charge in [-0.05, 0) is 31.0 Å². The average Bonchev–Trinajstić information content (AvgIpc) is 2.26. The van der Waals surface area contributed by atoms with Gasteiger partial charge in [0.1, 0.15) is 0 Å². The van der Waals surface area contributed by atoms with Gasteiger partial charge in [0.15, 0.2) is 0 Å². The molecule has 0 saturated carbocycles. The van der Waals surface area contributed by atoms with Crippen molar-refractivity contribution in [2.24, 2.45) is 0 Å². The summed E-state index contributed by atoms with van der Waals surface area (Å²) in [6, 6.07) is 5.25. The van der Waals surface area contributed by atoms with Crippen molar-refractivity contribution < 1.29 is 9.90 Å². The van der Waals surface area contributed by atoms with E-state index in [-0.39, 0.29) is 5.91 Å². The summed E-state index contributed by atoms with van der Waals surface area (Å²) in [4.78, 5) is 13.3. The third kappa shape index (κ3) is 4.84. The predicted molar refractivity (Wildman–Crippen MR) is 74.1 cm³/mol. The zero-order valence-electron chi connectivity index (χ0n) is 10.5. The first kappa shape index (κ1) is 15.3. The lowest BCUT2D eigenvalue weighted by Gasteiger charge is -2.18. The molecule has 0 bridgehead atoms. The maximum absolute atomic E-state index is 11.8. The van der Waals surface area contributed by atoms with Gasteiger partial charge >= 0.3 is 0 Å². The molecule has 0 aromatic heterocycles. The molecule has 0 spiro atoms. The van der Waals surface area contributed by atoms with Crippen molar-refractivity contribution in [2.45, 2.75) is 25.9 Å². The molecule has 1 amide bonds. The highest BCUT2D eigenvalue weighted by molar-refractivity contribution is 6.35. The topological polar surface area (TPSA) is 40.5 Å². The third-order valence-corrected chi connectivity index (χ3v) is 3.17. The minimum atomic E-state index is -0.516. The molecule has 5 heteroatoms. The maximum Gasteiger partial charge on any atom is 0.222 e. The van der Waals surface area contributed by atoms with Gasteiger partial charge < -0.3 is 10.0 Å². The molecular weight excluding hydrogens is 273 g/mol. The van der Waals surface area contributed by atoms with E-state index >= 15 is 0 Å². The fourth-order valence-electron chi connectivity index (χ4n) is 1.66. The molecule has 0 radical (unpaired) electrons. The summed E-state index contributed by atoms with van der Waals surface area (Å²) in [6.45, 7) is 1.99. The van der Waals surface area contributed by atoms with E-state index in [4.69, 9.17) is 23.2 Å². The second-order valence-electron chi connectivity index (χ2n) is 4.36. The molecule has 3 nitrogen and oxygen atoms in total. The number of aliphatic hydroxyl groups excluding tert-OH is 1. The number of benzene rings is 1. The summed E-state index contributed by atoms with van der Waals surface area (Å²) in [5.74, 6) is -0.0121. The van der Waals surface area contributed by atoms with Gasteiger partial charge in [-0.3, -0.25) is 4.79 Å². The lowest BCUT2D eigenvalue weighted by atomic mass is 10.1. The standard InChI is InChI=1S/C13H17Cl2NO2/c1-9(17)8-16(2)13(18)6-4-10-3-5-11(14)7-12(10)15/h3,5,7,9,17H,4,6,8H2,1-2H3. The number of hydrogen-bond acceptors (Lipinski definition) is 2. The second-order valence-corrected chi connectivity index (χ2v) is 5.20.